The number of fused-ring (bicyclic) bond motifs is 9. The molecule has 3 nitrogen and oxygen atoms in total. The summed E-state index contributed by atoms with van der Waals surface area (Å²) >= 11 is 1.85. The van der Waals surface area contributed by atoms with Gasteiger partial charge in [-0.1, -0.05) is 97.1 Å². The van der Waals surface area contributed by atoms with E-state index in [2.05, 4.69) is 179 Å². The maximum absolute atomic E-state index is 6.41. The van der Waals surface area contributed by atoms with Gasteiger partial charge in [-0.15, -0.1) is 11.3 Å². The molecule has 244 valence electrons. The maximum atomic E-state index is 6.41. The minimum atomic E-state index is 0.871. The van der Waals surface area contributed by atoms with Crippen molar-refractivity contribution in [3.8, 4) is 16.8 Å². The van der Waals surface area contributed by atoms with E-state index in [0.29, 0.717) is 0 Å². The van der Waals surface area contributed by atoms with E-state index in [1.807, 2.05) is 23.5 Å². The number of benzene rings is 8. The highest BCUT2D eigenvalue weighted by atomic mass is 32.1. The van der Waals surface area contributed by atoms with Gasteiger partial charge in [-0.3, -0.25) is 0 Å². The fraction of sp³-hybridized carbons (Fsp3) is 0. The van der Waals surface area contributed by atoms with Crippen molar-refractivity contribution in [2.45, 2.75) is 0 Å². The molecule has 52 heavy (non-hydrogen) atoms. The summed E-state index contributed by atoms with van der Waals surface area (Å²) in [6.45, 7) is 0. The first-order valence-corrected chi connectivity index (χ1v) is 18.4. The number of hydrogen-bond acceptors (Lipinski definition) is 3. The van der Waals surface area contributed by atoms with Gasteiger partial charge in [-0.2, -0.15) is 0 Å². The topological polar surface area (TPSA) is 21.3 Å². The lowest BCUT2D eigenvalue weighted by atomic mass is 10.0. The quantitative estimate of drug-likeness (QED) is 0.180. The van der Waals surface area contributed by atoms with Crippen molar-refractivity contribution >= 4 is 92.3 Å². The normalized spacial score (nSPS) is 11.8. The van der Waals surface area contributed by atoms with Gasteiger partial charge in [0.15, 0.2) is 0 Å². The van der Waals surface area contributed by atoms with Crippen LogP contribution in [0.5, 0.6) is 0 Å². The monoisotopic (exact) mass is 682 g/mol. The van der Waals surface area contributed by atoms with Gasteiger partial charge in [-0.05, 0) is 90.0 Å². The molecule has 0 saturated heterocycles. The molecule has 0 unspecified atom stereocenters. The average molecular weight is 683 g/mol. The van der Waals surface area contributed by atoms with E-state index >= 15 is 0 Å². The van der Waals surface area contributed by atoms with Gasteiger partial charge < -0.3 is 13.9 Å². The summed E-state index contributed by atoms with van der Waals surface area (Å²) in [5.74, 6) is 0. The molecule has 0 aliphatic carbocycles. The summed E-state index contributed by atoms with van der Waals surface area (Å²) < 4.78 is 11.4. The molecule has 3 aromatic heterocycles. The number of hydrogen-bond donors (Lipinski definition) is 0. The second-order valence-electron chi connectivity index (χ2n) is 13.4. The number of thiophene rings is 1. The van der Waals surface area contributed by atoms with Crippen LogP contribution < -0.4 is 4.90 Å². The number of aromatic nitrogens is 1. The number of rotatable bonds is 5. The Morgan fingerprint density at radius 1 is 0.385 bits per heavy atom. The third-order valence-corrected chi connectivity index (χ3v) is 11.5. The summed E-state index contributed by atoms with van der Waals surface area (Å²) in [6, 6.07) is 65.5. The van der Waals surface area contributed by atoms with Crippen LogP contribution in [0.1, 0.15) is 0 Å². The lowest BCUT2D eigenvalue weighted by molar-refractivity contribution is 0.669. The van der Waals surface area contributed by atoms with Crippen molar-refractivity contribution < 1.29 is 4.42 Å². The van der Waals surface area contributed by atoms with Gasteiger partial charge >= 0.3 is 0 Å². The molecule has 4 heteroatoms. The lowest BCUT2D eigenvalue weighted by Gasteiger charge is -2.26. The third-order valence-electron chi connectivity index (χ3n) is 10.4. The van der Waals surface area contributed by atoms with Crippen LogP contribution >= 0.6 is 11.3 Å². The van der Waals surface area contributed by atoms with E-state index in [9.17, 15) is 0 Å². The average Bonchev–Trinajstić information content (AvgIpc) is 3.87. The Kier molecular flexibility index (Phi) is 6.42. The molecule has 8 aromatic carbocycles. The molecule has 0 aliphatic rings. The number of para-hydroxylation sites is 3. The van der Waals surface area contributed by atoms with Crippen molar-refractivity contribution in [3.63, 3.8) is 0 Å². The molecular weight excluding hydrogens is 653 g/mol. The molecule has 3 heterocycles. The highest BCUT2D eigenvalue weighted by molar-refractivity contribution is 7.25. The standard InChI is InChI=1S/C48H30N2OS/c1-2-10-33(11-3-1)50-43-15-7-4-12-37(43)38-25-23-35(29-44(38)50)49(36-24-26-40-39-13-5-8-16-45(39)51-46(40)30-36)34-21-18-31(19-22-34)32-20-27-48-42(28-32)41-14-6-9-17-47(41)52-48/h1-30H. The molecule has 0 spiro atoms. The van der Waals surface area contributed by atoms with Gasteiger partial charge in [0.25, 0.3) is 0 Å². The van der Waals surface area contributed by atoms with Crippen molar-refractivity contribution in [2.24, 2.45) is 0 Å². The van der Waals surface area contributed by atoms with Crippen molar-refractivity contribution in [1.29, 1.82) is 0 Å². The lowest BCUT2D eigenvalue weighted by Crippen LogP contribution is -2.10. The third kappa shape index (κ3) is 4.51. The highest BCUT2D eigenvalue weighted by Crippen LogP contribution is 2.42. The van der Waals surface area contributed by atoms with E-state index in [0.717, 1.165) is 50.2 Å². The van der Waals surface area contributed by atoms with Crippen molar-refractivity contribution in [3.05, 3.63) is 182 Å². The fourth-order valence-corrected chi connectivity index (χ4v) is 9.05. The Hall–Kier alpha value is -6.62. The summed E-state index contributed by atoms with van der Waals surface area (Å²) in [5.41, 5.74) is 10.8. The molecule has 0 bridgehead atoms. The molecule has 0 aliphatic heterocycles. The first kappa shape index (κ1) is 29.1. The second-order valence-corrected chi connectivity index (χ2v) is 14.4. The molecular formula is C48H30N2OS. The number of nitrogens with zero attached hydrogens (tertiary/aromatic N) is 2. The van der Waals surface area contributed by atoms with E-state index in [4.69, 9.17) is 4.42 Å². The van der Waals surface area contributed by atoms with Crippen LogP contribution in [0.4, 0.5) is 17.1 Å². The Morgan fingerprint density at radius 3 is 1.87 bits per heavy atom. The van der Waals surface area contributed by atoms with E-state index in [-0.39, 0.29) is 0 Å². The summed E-state index contributed by atoms with van der Waals surface area (Å²) in [6.07, 6.45) is 0. The Morgan fingerprint density at radius 2 is 1.00 bits per heavy atom. The maximum Gasteiger partial charge on any atom is 0.137 e. The molecule has 0 atom stereocenters. The van der Waals surface area contributed by atoms with Crippen LogP contribution in [0.15, 0.2) is 186 Å². The molecule has 0 radical (unpaired) electrons. The number of furan rings is 1. The molecule has 0 fully saturated rings. The van der Waals surface area contributed by atoms with E-state index in [1.165, 1.54) is 47.6 Å². The Bertz CT molecular complexity index is 3130. The molecule has 11 rings (SSSR count). The predicted molar refractivity (Wildman–Crippen MR) is 221 cm³/mol. The largest absolute Gasteiger partial charge is 0.456 e. The van der Waals surface area contributed by atoms with Gasteiger partial charge in [0.1, 0.15) is 11.2 Å². The summed E-state index contributed by atoms with van der Waals surface area (Å²) in [4.78, 5) is 2.35. The molecule has 0 saturated carbocycles. The predicted octanol–water partition coefficient (Wildman–Crippen LogP) is 14.2. The first-order chi connectivity index (χ1) is 25.8. The minimum absolute atomic E-state index is 0.871. The summed E-state index contributed by atoms with van der Waals surface area (Å²) in [5, 5.41) is 7.33. The first-order valence-electron chi connectivity index (χ1n) is 17.6. The Balaban J connectivity index is 1.09. The smallest absolute Gasteiger partial charge is 0.137 e. The van der Waals surface area contributed by atoms with Crippen LogP contribution in [-0.2, 0) is 0 Å². The van der Waals surface area contributed by atoms with Gasteiger partial charge in [0.2, 0.25) is 0 Å². The fourth-order valence-electron chi connectivity index (χ4n) is 7.96. The summed E-state index contributed by atoms with van der Waals surface area (Å²) in [7, 11) is 0. The highest BCUT2D eigenvalue weighted by Gasteiger charge is 2.19. The van der Waals surface area contributed by atoms with E-state index < -0.39 is 0 Å². The zero-order valence-electron chi connectivity index (χ0n) is 28.0. The van der Waals surface area contributed by atoms with Gasteiger partial charge in [0, 0.05) is 70.5 Å². The zero-order valence-corrected chi connectivity index (χ0v) is 28.8. The van der Waals surface area contributed by atoms with Crippen molar-refractivity contribution in [1.82, 2.24) is 4.57 Å². The molecule has 0 amide bonds. The van der Waals surface area contributed by atoms with Crippen LogP contribution in [-0.4, -0.2) is 4.57 Å². The van der Waals surface area contributed by atoms with Gasteiger partial charge in [0.05, 0.1) is 11.0 Å². The van der Waals surface area contributed by atoms with Crippen LogP contribution in [0.2, 0.25) is 0 Å². The van der Waals surface area contributed by atoms with Crippen LogP contribution in [0.25, 0.3) is 80.7 Å². The van der Waals surface area contributed by atoms with Crippen molar-refractivity contribution in [2.75, 3.05) is 4.90 Å². The molecule has 0 N–H and O–H groups in total. The molecule has 11 aromatic rings. The Labute approximate surface area is 303 Å². The minimum Gasteiger partial charge on any atom is -0.456 e. The van der Waals surface area contributed by atoms with Crippen LogP contribution in [0, 0.1) is 0 Å². The number of anilines is 3. The van der Waals surface area contributed by atoms with Crippen LogP contribution in [0.3, 0.4) is 0 Å². The SMILES string of the molecule is c1ccc(-n2c3ccccc3c3ccc(N(c4ccc(-c5ccc6sc7ccccc7c6c5)cc4)c4ccc5c(c4)oc4ccccc45)cc32)cc1. The second kappa shape index (κ2) is 11.5. The zero-order chi connectivity index (χ0) is 34.2. The van der Waals surface area contributed by atoms with Gasteiger partial charge in [-0.25, -0.2) is 0 Å². The van der Waals surface area contributed by atoms with E-state index in [1.54, 1.807) is 0 Å².